The Hall–Kier alpha value is -0.540. The van der Waals surface area contributed by atoms with Gasteiger partial charge in [0.05, 0.1) is 0 Å². The Labute approximate surface area is 115 Å². The number of hydrogen-bond donors (Lipinski definition) is 1. The molecule has 0 aliphatic heterocycles. The highest BCUT2D eigenvalue weighted by molar-refractivity contribution is 7.98. The molecule has 0 fully saturated rings. The molecule has 0 bridgehead atoms. The van der Waals surface area contributed by atoms with Gasteiger partial charge in [0.1, 0.15) is 5.82 Å². The van der Waals surface area contributed by atoms with Gasteiger partial charge in [-0.1, -0.05) is 19.1 Å². The number of halogens is 1. The summed E-state index contributed by atoms with van der Waals surface area (Å²) >= 11 is 1.89. The molecular formula is C15H24FNS. The van der Waals surface area contributed by atoms with E-state index >= 15 is 0 Å². The lowest BCUT2D eigenvalue weighted by molar-refractivity contribution is 0.543. The number of benzene rings is 1. The highest BCUT2D eigenvalue weighted by atomic mass is 32.2. The standard InChI is InChI=1S/C15H24FNS/c1-3-10-17-12-14(5-4-11-18-2)13-6-8-15(16)9-7-13/h6-9,14,17H,3-5,10-12H2,1-2H3. The summed E-state index contributed by atoms with van der Waals surface area (Å²) in [5, 5.41) is 3.47. The fourth-order valence-electron chi connectivity index (χ4n) is 2.05. The molecule has 0 saturated carbocycles. The summed E-state index contributed by atoms with van der Waals surface area (Å²) < 4.78 is 12.9. The Morgan fingerprint density at radius 3 is 2.61 bits per heavy atom. The number of rotatable bonds is 9. The van der Waals surface area contributed by atoms with E-state index < -0.39 is 0 Å². The van der Waals surface area contributed by atoms with Crippen molar-refractivity contribution in [3.05, 3.63) is 35.6 Å². The first kappa shape index (κ1) is 15.5. The van der Waals surface area contributed by atoms with Crippen molar-refractivity contribution in [3.63, 3.8) is 0 Å². The molecule has 3 heteroatoms. The molecule has 1 aromatic carbocycles. The second-order valence-corrected chi connectivity index (χ2v) is 5.57. The fourth-order valence-corrected chi connectivity index (χ4v) is 2.50. The average molecular weight is 269 g/mol. The summed E-state index contributed by atoms with van der Waals surface area (Å²) in [6.45, 7) is 4.22. The predicted molar refractivity (Wildman–Crippen MR) is 79.9 cm³/mol. The minimum Gasteiger partial charge on any atom is -0.316 e. The van der Waals surface area contributed by atoms with Crippen molar-refractivity contribution in [1.82, 2.24) is 5.32 Å². The normalized spacial score (nSPS) is 12.6. The average Bonchev–Trinajstić information content (AvgIpc) is 2.38. The van der Waals surface area contributed by atoms with Crippen molar-refractivity contribution >= 4 is 11.8 Å². The summed E-state index contributed by atoms with van der Waals surface area (Å²) in [5.41, 5.74) is 1.25. The van der Waals surface area contributed by atoms with Crippen LogP contribution in [-0.2, 0) is 0 Å². The van der Waals surface area contributed by atoms with Gasteiger partial charge in [-0.2, -0.15) is 11.8 Å². The van der Waals surface area contributed by atoms with Gasteiger partial charge in [0.2, 0.25) is 0 Å². The zero-order valence-corrected chi connectivity index (χ0v) is 12.2. The van der Waals surface area contributed by atoms with Crippen LogP contribution in [0.3, 0.4) is 0 Å². The van der Waals surface area contributed by atoms with Gasteiger partial charge in [0.25, 0.3) is 0 Å². The van der Waals surface area contributed by atoms with Crippen molar-refractivity contribution in [2.45, 2.75) is 32.1 Å². The van der Waals surface area contributed by atoms with Crippen LogP contribution in [0.4, 0.5) is 4.39 Å². The largest absolute Gasteiger partial charge is 0.316 e. The van der Waals surface area contributed by atoms with Crippen molar-refractivity contribution in [3.8, 4) is 0 Å². The van der Waals surface area contributed by atoms with Crippen LogP contribution in [0, 0.1) is 5.82 Å². The summed E-state index contributed by atoms with van der Waals surface area (Å²) in [7, 11) is 0. The molecule has 0 aromatic heterocycles. The van der Waals surface area contributed by atoms with E-state index in [4.69, 9.17) is 0 Å². The zero-order valence-electron chi connectivity index (χ0n) is 11.4. The van der Waals surface area contributed by atoms with Crippen LogP contribution in [0.5, 0.6) is 0 Å². The van der Waals surface area contributed by atoms with Gasteiger partial charge in [-0.15, -0.1) is 0 Å². The summed E-state index contributed by atoms with van der Waals surface area (Å²) in [6.07, 6.45) is 5.68. The van der Waals surface area contributed by atoms with E-state index in [2.05, 4.69) is 18.5 Å². The maximum Gasteiger partial charge on any atom is 0.123 e. The first-order chi connectivity index (χ1) is 8.77. The van der Waals surface area contributed by atoms with Gasteiger partial charge < -0.3 is 5.32 Å². The van der Waals surface area contributed by atoms with E-state index in [1.807, 2.05) is 23.9 Å². The van der Waals surface area contributed by atoms with Crippen molar-refractivity contribution in [2.75, 3.05) is 25.1 Å². The third-order valence-corrected chi connectivity index (χ3v) is 3.76. The lowest BCUT2D eigenvalue weighted by Crippen LogP contribution is -2.22. The molecule has 1 unspecified atom stereocenters. The molecule has 0 aliphatic rings. The molecular weight excluding hydrogens is 245 g/mol. The Morgan fingerprint density at radius 2 is 2.00 bits per heavy atom. The fraction of sp³-hybridized carbons (Fsp3) is 0.600. The van der Waals surface area contributed by atoms with E-state index in [-0.39, 0.29) is 5.82 Å². The minimum atomic E-state index is -0.150. The Bertz CT molecular complexity index is 303. The van der Waals surface area contributed by atoms with Crippen LogP contribution in [0.1, 0.15) is 37.7 Å². The van der Waals surface area contributed by atoms with Gasteiger partial charge in [0, 0.05) is 6.54 Å². The summed E-state index contributed by atoms with van der Waals surface area (Å²) in [5.74, 6) is 1.55. The molecule has 1 nitrogen and oxygen atoms in total. The molecule has 1 N–H and O–H groups in total. The molecule has 1 aromatic rings. The monoisotopic (exact) mass is 269 g/mol. The van der Waals surface area contributed by atoms with Gasteiger partial charge in [-0.3, -0.25) is 0 Å². The van der Waals surface area contributed by atoms with Crippen molar-refractivity contribution in [2.24, 2.45) is 0 Å². The molecule has 0 amide bonds. The van der Waals surface area contributed by atoms with Gasteiger partial charge >= 0.3 is 0 Å². The predicted octanol–water partition coefficient (Wildman–Crippen LogP) is 4.05. The van der Waals surface area contributed by atoms with E-state index in [0.29, 0.717) is 5.92 Å². The lowest BCUT2D eigenvalue weighted by Gasteiger charge is -2.18. The third kappa shape index (κ3) is 5.87. The second-order valence-electron chi connectivity index (χ2n) is 4.59. The van der Waals surface area contributed by atoms with Gasteiger partial charge in [0.15, 0.2) is 0 Å². The Kier molecular flexibility index (Phi) is 8.10. The van der Waals surface area contributed by atoms with E-state index in [1.54, 1.807) is 12.1 Å². The van der Waals surface area contributed by atoms with Gasteiger partial charge in [-0.05, 0) is 61.4 Å². The van der Waals surface area contributed by atoms with Crippen molar-refractivity contribution < 1.29 is 4.39 Å². The number of hydrogen-bond acceptors (Lipinski definition) is 2. The molecule has 0 saturated heterocycles. The zero-order chi connectivity index (χ0) is 13.2. The van der Waals surface area contributed by atoms with Crippen LogP contribution >= 0.6 is 11.8 Å². The number of nitrogens with one attached hydrogen (secondary N) is 1. The van der Waals surface area contributed by atoms with Gasteiger partial charge in [-0.25, -0.2) is 4.39 Å². The first-order valence-electron chi connectivity index (χ1n) is 6.73. The van der Waals surface area contributed by atoms with Crippen LogP contribution in [0.2, 0.25) is 0 Å². The second kappa shape index (κ2) is 9.40. The molecule has 0 radical (unpaired) electrons. The molecule has 1 rings (SSSR count). The molecule has 0 heterocycles. The summed E-state index contributed by atoms with van der Waals surface area (Å²) in [4.78, 5) is 0. The third-order valence-electron chi connectivity index (χ3n) is 3.06. The Balaban J connectivity index is 2.54. The quantitative estimate of drug-likeness (QED) is 0.679. The topological polar surface area (TPSA) is 12.0 Å². The highest BCUT2D eigenvalue weighted by Crippen LogP contribution is 2.21. The first-order valence-corrected chi connectivity index (χ1v) is 8.12. The molecule has 0 aliphatic carbocycles. The van der Waals surface area contributed by atoms with Crippen LogP contribution < -0.4 is 5.32 Å². The maximum atomic E-state index is 12.9. The van der Waals surface area contributed by atoms with Crippen LogP contribution in [-0.4, -0.2) is 25.1 Å². The SMILES string of the molecule is CCCNCC(CCCSC)c1ccc(F)cc1. The van der Waals surface area contributed by atoms with E-state index in [0.717, 1.165) is 19.5 Å². The smallest absolute Gasteiger partial charge is 0.123 e. The maximum absolute atomic E-state index is 12.9. The highest BCUT2D eigenvalue weighted by Gasteiger charge is 2.10. The van der Waals surface area contributed by atoms with E-state index in [1.165, 1.54) is 24.2 Å². The van der Waals surface area contributed by atoms with Crippen LogP contribution in [0.25, 0.3) is 0 Å². The molecule has 0 spiro atoms. The lowest BCUT2D eigenvalue weighted by atomic mass is 9.94. The van der Waals surface area contributed by atoms with Crippen LogP contribution in [0.15, 0.2) is 24.3 Å². The van der Waals surface area contributed by atoms with E-state index in [9.17, 15) is 4.39 Å². The Morgan fingerprint density at radius 1 is 1.28 bits per heavy atom. The number of thioether (sulfide) groups is 1. The molecule has 1 atom stereocenters. The summed E-state index contributed by atoms with van der Waals surface area (Å²) in [6, 6.07) is 6.98. The molecule has 102 valence electrons. The van der Waals surface area contributed by atoms with Crippen molar-refractivity contribution in [1.29, 1.82) is 0 Å². The molecule has 18 heavy (non-hydrogen) atoms. The minimum absolute atomic E-state index is 0.150.